The largest absolute Gasteiger partial charge is 0.350 e. The van der Waals surface area contributed by atoms with Crippen molar-refractivity contribution in [2.45, 2.75) is 38.6 Å². The van der Waals surface area contributed by atoms with E-state index in [1.807, 2.05) is 0 Å². The van der Waals surface area contributed by atoms with Crippen LogP contribution in [0.3, 0.4) is 0 Å². The molecule has 12 heavy (non-hydrogen) atoms. The van der Waals surface area contributed by atoms with Crippen molar-refractivity contribution in [3.63, 3.8) is 0 Å². The van der Waals surface area contributed by atoms with Crippen LogP contribution in [0.2, 0.25) is 0 Å². The van der Waals surface area contributed by atoms with E-state index in [0.717, 1.165) is 18.4 Å². The smallest absolute Gasteiger partial charge is 0.224 e. The molecular weight excluding hydrogens is 150 g/mol. The molecule has 2 rings (SSSR count). The lowest BCUT2D eigenvalue weighted by Crippen LogP contribution is -2.52. The first-order chi connectivity index (χ1) is 5.48. The van der Waals surface area contributed by atoms with E-state index in [0.29, 0.717) is 6.42 Å². The average molecular weight is 165 g/mol. The number of carbonyl (C=O) groups excluding carboxylic acids is 1. The molecule has 2 nitrogen and oxygen atoms in total. The molecule has 1 amide bonds. The summed E-state index contributed by atoms with van der Waals surface area (Å²) in [6.45, 7) is 8.36. The second kappa shape index (κ2) is 1.93. The summed E-state index contributed by atoms with van der Waals surface area (Å²) in [5.74, 6) is 0.150. The number of amides is 1. The predicted molar refractivity (Wildman–Crippen MR) is 47.6 cm³/mol. The maximum Gasteiger partial charge on any atom is 0.224 e. The Balaban J connectivity index is 2.34. The summed E-state index contributed by atoms with van der Waals surface area (Å²) in [7, 11) is 0. The van der Waals surface area contributed by atoms with Crippen molar-refractivity contribution in [2.24, 2.45) is 5.41 Å². The highest BCUT2D eigenvalue weighted by molar-refractivity contribution is 5.82. The van der Waals surface area contributed by atoms with Gasteiger partial charge in [-0.25, -0.2) is 0 Å². The maximum absolute atomic E-state index is 11.2. The zero-order chi connectivity index (χ0) is 8.98. The van der Waals surface area contributed by atoms with Crippen LogP contribution in [0.25, 0.3) is 0 Å². The summed E-state index contributed by atoms with van der Waals surface area (Å²) < 4.78 is 0. The van der Waals surface area contributed by atoms with Crippen LogP contribution in [0.15, 0.2) is 12.2 Å². The molecule has 0 aromatic rings. The summed E-state index contributed by atoms with van der Waals surface area (Å²) in [4.78, 5) is 11.2. The molecule has 0 bridgehead atoms. The van der Waals surface area contributed by atoms with Gasteiger partial charge in [0.2, 0.25) is 5.91 Å². The zero-order valence-electron chi connectivity index (χ0n) is 7.74. The molecule has 2 fully saturated rings. The van der Waals surface area contributed by atoms with Gasteiger partial charge in [0.25, 0.3) is 0 Å². The fraction of sp³-hybridized carbons (Fsp3) is 0.700. The highest BCUT2D eigenvalue weighted by atomic mass is 16.1. The summed E-state index contributed by atoms with van der Waals surface area (Å²) in [6, 6.07) is 0. The third kappa shape index (κ3) is 0.780. The minimum atomic E-state index is 0.0689. The zero-order valence-corrected chi connectivity index (χ0v) is 7.74. The highest BCUT2D eigenvalue weighted by Crippen LogP contribution is 2.55. The van der Waals surface area contributed by atoms with Crippen molar-refractivity contribution in [2.75, 3.05) is 0 Å². The molecule has 0 atom stereocenters. The Kier molecular flexibility index (Phi) is 1.26. The molecule has 1 heterocycles. The third-order valence-corrected chi connectivity index (χ3v) is 3.58. The van der Waals surface area contributed by atoms with Gasteiger partial charge < -0.3 is 5.32 Å². The third-order valence-electron chi connectivity index (χ3n) is 3.58. The Labute approximate surface area is 73.0 Å². The standard InChI is InChI=1S/C10H15NO/c1-7-6-8(12)11-10(4-5-10)9(7,2)3/h1,4-6H2,2-3H3,(H,11,12). The lowest BCUT2D eigenvalue weighted by molar-refractivity contribution is -0.124. The molecule has 1 aliphatic heterocycles. The number of hydrogen-bond acceptors (Lipinski definition) is 1. The van der Waals surface area contributed by atoms with Gasteiger partial charge in [0.15, 0.2) is 0 Å². The van der Waals surface area contributed by atoms with Crippen LogP contribution in [0, 0.1) is 5.41 Å². The van der Waals surface area contributed by atoms with E-state index in [2.05, 4.69) is 25.7 Å². The fourth-order valence-electron chi connectivity index (χ4n) is 2.10. The Hall–Kier alpha value is -0.790. The van der Waals surface area contributed by atoms with Crippen molar-refractivity contribution in [1.29, 1.82) is 0 Å². The number of hydrogen-bond donors (Lipinski definition) is 1. The monoisotopic (exact) mass is 165 g/mol. The first-order valence-corrected chi connectivity index (χ1v) is 4.47. The van der Waals surface area contributed by atoms with Gasteiger partial charge in [-0.3, -0.25) is 4.79 Å². The van der Waals surface area contributed by atoms with Crippen LogP contribution in [0.4, 0.5) is 0 Å². The lowest BCUT2D eigenvalue weighted by Gasteiger charge is -2.41. The first-order valence-electron chi connectivity index (χ1n) is 4.47. The van der Waals surface area contributed by atoms with Crippen molar-refractivity contribution in [3.05, 3.63) is 12.2 Å². The molecule has 66 valence electrons. The fourth-order valence-corrected chi connectivity index (χ4v) is 2.10. The molecule has 1 saturated carbocycles. The molecule has 2 aliphatic rings. The van der Waals surface area contributed by atoms with Crippen molar-refractivity contribution in [3.8, 4) is 0 Å². The summed E-state index contributed by atoms with van der Waals surface area (Å²) in [6.07, 6.45) is 2.74. The topological polar surface area (TPSA) is 29.1 Å². The molecule has 2 heteroatoms. The van der Waals surface area contributed by atoms with Crippen molar-refractivity contribution >= 4 is 5.91 Å². The average Bonchev–Trinajstić information content (AvgIpc) is 2.66. The highest BCUT2D eigenvalue weighted by Gasteiger charge is 2.58. The SMILES string of the molecule is C=C1CC(=O)NC2(CC2)C1(C)C. The molecule has 1 aliphatic carbocycles. The van der Waals surface area contributed by atoms with Gasteiger partial charge in [0.05, 0.1) is 0 Å². The number of carbonyl (C=O) groups is 1. The summed E-state index contributed by atoms with van der Waals surface area (Å²) in [5.41, 5.74) is 1.25. The van der Waals surface area contributed by atoms with Gasteiger partial charge in [0, 0.05) is 17.4 Å². The second-order valence-electron chi connectivity index (χ2n) is 4.54. The van der Waals surface area contributed by atoms with Crippen LogP contribution in [0.1, 0.15) is 33.1 Å². The Bertz CT molecular complexity index is 261. The molecule has 0 radical (unpaired) electrons. The number of piperidine rings is 1. The van der Waals surface area contributed by atoms with Gasteiger partial charge in [-0.1, -0.05) is 26.0 Å². The normalized spacial score (nSPS) is 30.2. The van der Waals surface area contributed by atoms with Crippen LogP contribution >= 0.6 is 0 Å². The minimum absolute atomic E-state index is 0.0689. The molecule has 1 spiro atoms. The quantitative estimate of drug-likeness (QED) is 0.543. The van der Waals surface area contributed by atoms with Crippen LogP contribution in [-0.4, -0.2) is 11.4 Å². The van der Waals surface area contributed by atoms with E-state index < -0.39 is 0 Å². The predicted octanol–water partition coefficient (Wildman–Crippen LogP) is 1.62. The maximum atomic E-state index is 11.2. The Morgan fingerprint density at radius 2 is 2.00 bits per heavy atom. The minimum Gasteiger partial charge on any atom is -0.350 e. The number of nitrogens with one attached hydrogen (secondary N) is 1. The van der Waals surface area contributed by atoms with E-state index >= 15 is 0 Å². The first kappa shape index (κ1) is 7.84. The molecule has 1 N–H and O–H groups in total. The molecular formula is C10H15NO. The van der Waals surface area contributed by atoms with Crippen LogP contribution in [0.5, 0.6) is 0 Å². The number of rotatable bonds is 0. The summed E-state index contributed by atoms with van der Waals surface area (Å²) >= 11 is 0. The molecule has 0 aromatic heterocycles. The van der Waals surface area contributed by atoms with E-state index in [1.165, 1.54) is 0 Å². The van der Waals surface area contributed by atoms with Crippen molar-refractivity contribution in [1.82, 2.24) is 5.32 Å². The molecule has 0 aromatic carbocycles. The van der Waals surface area contributed by atoms with Crippen LogP contribution in [-0.2, 0) is 4.79 Å². The molecule has 0 unspecified atom stereocenters. The van der Waals surface area contributed by atoms with E-state index in [1.54, 1.807) is 0 Å². The van der Waals surface area contributed by atoms with E-state index in [-0.39, 0.29) is 16.9 Å². The van der Waals surface area contributed by atoms with Gasteiger partial charge in [-0.2, -0.15) is 0 Å². The Morgan fingerprint density at radius 1 is 1.42 bits per heavy atom. The van der Waals surface area contributed by atoms with E-state index in [9.17, 15) is 4.79 Å². The van der Waals surface area contributed by atoms with Gasteiger partial charge in [-0.15, -0.1) is 0 Å². The van der Waals surface area contributed by atoms with Gasteiger partial charge in [-0.05, 0) is 12.8 Å². The lowest BCUT2D eigenvalue weighted by atomic mass is 9.72. The molecule has 1 saturated heterocycles. The van der Waals surface area contributed by atoms with Gasteiger partial charge in [0.1, 0.15) is 0 Å². The van der Waals surface area contributed by atoms with E-state index in [4.69, 9.17) is 0 Å². The summed E-state index contributed by atoms with van der Waals surface area (Å²) in [5, 5.41) is 3.09. The van der Waals surface area contributed by atoms with Crippen molar-refractivity contribution < 1.29 is 4.79 Å². The Morgan fingerprint density at radius 3 is 2.50 bits per heavy atom. The second-order valence-corrected chi connectivity index (χ2v) is 4.54. The van der Waals surface area contributed by atoms with Gasteiger partial charge >= 0.3 is 0 Å². The van der Waals surface area contributed by atoms with Crippen LogP contribution < -0.4 is 5.32 Å².